The van der Waals surface area contributed by atoms with E-state index in [0.717, 1.165) is 25.0 Å². The van der Waals surface area contributed by atoms with Crippen molar-refractivity contribution in [2.75, 3.05) is 0 Å². The Hall–Kier alpha value is -0.330. The SMILES string of the molecule is CCCC[C@H](C)CCCCCCCCCCCC=O. The third-order valence-electron chi connectivity index (χ3n) is 4.07. The lowest BCUT2D eigenvalue weighted by Gasteiger charge is -2.10. The van der Waals surface area contributed by atoms with Gasteiger partial charge < -0.3 is 4.79 Å². The summed E-state index contributed by atoms with van der Waals surface area (Å²) in [5.74, 6) is 0.942. The zero-order valence-electron chi connectivity index (χ0n) is 13.5. The molecule has 0 saturated carbocycles. The van der Waals surface area contributed by atoms with Crippen LogP contribution in [0.25, 0.3) is 0 Å². The minimum Gasteiger partial charge on any atom is -0.303 e. The maximum atomic E-state index is 10.1. The highest BCUT2D eigenvalue weighted by molar-refractivity contribution is 5.48. The highest BCUT2D eigenvalue weighted by Crippen LogP contribution is 2.17. The van der Waals surface area contributed by atoms with Crippen molar-refractivity contribution >= 4 is 6.29 Å². The van der Waals surface area contributed by atoms with E-state index in [1.807, 2.05) is 0 Å². The topological polar surface area (TPSA) is 17.1 Å². The van der Waals surface area contributed by atoms with Crippen molar-refractivity contribution in [2.45, 2.75) is 104 Å². The van der Waals surface area contributed by atoms with Gasteiger partial charge in [-0.2, -0.15) is 0 Å². The molecule has 0 bridgehead atoms. The van der Waals surface area contributed by atoms with Crippen LogP contribution in [-0.4, -0.2) is 6.29 Å². The average molecular weight is 268 g/mol. The first-order valence-electron chi connectivity index (χ1n) is 8.74. The first kappa shape index (κ1) is 18.7. The summed E-state index contributed by atoms with van der Waals surface area (Å²) < 4.78 is 0. The van der Waals surface area contributed by atoms with Gasteiger partial charge in [-0.25, -0.2) is 0 Å². The summed E-state index contributed by atoms with van der Waals surface area (Å²) in [5.41, 5.74) is 0. The number of carbonyl (C=O) groups excluding carboxylic acids is 1. The van der Waals surface area contributed by atoms with Crippen LogP contribution in [0.3, 0.4) is 0 Å². The summed E-state index contributed by atoms with van der Waals surface area (Å²) in [4.78, 5) is 10.1. The molecule has 0 radical (unpaired) electrons. The largest absolute Gasteiger partial charge is 0.303 e. The molecule has 0 aliphatic rings. The highest BCUT2D eigenvalue weighted by atomic mass is 16.1. The molecule has 0 heterocycles. The van der Waals surface area contributed by atoms with Gasteiger partial charge in [-0.3, -0.25) is 0 Å². The minimum atomic E-state index is 0.760. The summed E-state index contributed by atoms with van der Waals surface area (Å²) in [6, 6.07) is 0. The highest BCUT2D eigenvalue weighted by Gasteiger charge is 2.00. The second-order valence-electron chi connectivity index (χ2n) is 6.17. The van der Waals surface area contributed by atoms with E-state index in [4.69, 9.17) is 0 Å². The molecular formula is C18H36O. The Labute approximate surface area is 121 Å². The fraction of sp³-hybridized carbons (Fsp3) is 0.944. The Morgan fingerprint density at radius 3 is 1.74 bits per heavy atom. The van der Waals surface area contributed by atoms with Gasteiger partial charge in [0.25, 0.3) is 0 Å². The molecule has 1 atom stereocenters. The van der Waals surface area contributed by atoms with Gasteiger partial charge in [0.15, 0.2) is 0 Å². The van der Waals surface area contributed by atoms with Crippen LogP contribution in [0.5, 0.6) is 0 Å². The number of unbranched alkanes of at least 4 members (excludes halogenated alkanes) is 10. The molecular weight excluding hydrogens is 232 g/mol. The number of hydrogen-bond donors (Lipinski definition) is 0. The number of rotatable bonds is 15. The van der Waals surface area contributed by atoms with Crippen LogP contribution >= 0.6 is 0 Å². The average Bonchev–Trinajstić information content (AvgIpc) is 2.42. The molecule has 0 spiro atoms. The van der Waals surface area contributed by atoms with Crippen molar-refractivity contribution in [3.63, 3.8) is 0 Å². The molecule has 0 fully saturated rings. The molecule has 0 saturated heterocycles. The van der Waals surface area contributed by atoms with Crippen LogP contribution in [-0.2, 0) is 4.79 Å². The minimum absolute atomic E-state index is 0.760. The van der Waals surface area contributed by atoms with Crippen LogP contribution in [0.4, 0.5) is 0 Å². The molecule has 0 unspecified atom stereocenters. The molecule has 1 nitrogen and oxygen atoms in total. The van der Waals surface area contributed by atoms with Gasteiger partial charge in [0, 0.05) is 6.42 Å². The predicted molar refractivity (Wildman–Crippen MR) is 85.5 cm³/mol. The molecule has 0 aromatic rings. The number of aldehydes is 1. The van der Waals surface area contributed by atoms with Gasteiger partial charge >= 0.3 is 0 Å². The molecule has 0 aliphatic heterocycles. The van der Waals surface area contributed by atoms with E-state index >= 15 is 0 Å². The van der Waals surface area contributed by atoms with E-state index in [1.54, 1.807) is 0 Å². The lowest BCUT2D eigenvalue weighted by atomic mass is 9.97. The molecule has 0 N–H and O–H groups in total. The third-order valence-corrected chi connectivity index (χ3v) is 4.07. The summed E-state index contributed by atoms with van der Waals surface area (Å²) in [6.45, 7) is 4.70. The van der Waals surface area contributed by atoms with Crippen LogP contribution in [0.1, 0.15) is 104 Å². The first-order valence-corrected chi connectivity index (χ1v) is 8.74. The maximum Gasteiger partial charge on any atom is 0.119 e. The van der Waals surface area contributed by atoms with E-state index in [0.29, 0.717) is 0 Å². The number of hydrogen-bond acceptors (Lipinski definition) is 1. The summed E-state index contributed by atoms with van der Waals surface area (Å²) in [7, 11) is 0. The molecule has 114 valence electrons. The van der Waals surface area contributed by atoms with Gasteiger partial charge in [-0.05, 0) is 12.3 Å². The molecule has 0 aliphatic carbocycles. The summed E-state index contributed by atoms with van der Waals surface area (Å²) >= 11 is 0. The van der Waals surface area contributed by atoms with Crippen molar-refractivity contribution in [1.82, 2.24) is 0 Å². The van der Waals surface area contributed by atoms with Crippen molar-refractivity contribution < 1.29 is 4.79 Å². The lowest BCUT2D eigenvalue weighted by molar-refractivity contribution is -0.107. The van der Waals surface area contributed by atoms with Gasteiger partial charge in [0.1, 0.15) is 6.29 Å². The van der Waals surface area contributed by atoms with E-state index in [-0.39, 0.29) is 0 Å². The molecule has 19 heavy (non-hydrogen) atoms. The summed E-state index contributed by atoms with van der Waals surface area (Å²) in [5, 5.41) is 0. The smallest absolute Gasteiger partial charge is 0.119 e. The Kier molecular flexibility index (Phi) is 15.5. The van der Waals surface area contributed by atoms with Crippen molar-refractivity contribution in [1.29, 1.82) is 0 Å². The molecule has 0 aromatic heterocycles. The van der Waals surface area contributed by atoms with Crippen molar-refractivity contribution in [2.24, 2.45) is 5.92 Å². The molecule has 0 amide bonds. The standard InChI is InChI=1S/C18H36O/c1-3-4-15-18(2)16-13-11-9-7-5-6-8-10-12-14-17-19/h17-18H,3-16H2,1-2H3/t18-/m0/s1. The zero-order chi connectivity index (χ0) is 14.2. The van der Waals surface area contributed by atoms with Crippen LogP contribution in [0.2, 0.25) is 0 Å². The van der Waals surface area contributed by atoms with E-state index < -0.39 is 0 Å². The molecule has 0 aromatic carbocycles. The third kappa shape index (κ3) is 15.6. The van der Waals surface area contributed by atoms with E-state index in [9.17, 15) is 4.79 Å². The Morgan fingerprint density at radius 2 is 1.21 bits per heavy atom. The molecule has 1 heteroatoms. The van der Waals surface area contributed by atoms with Crippen LogP contribution in [0, 0.1) is 5.92 Å². The maximum absolute atomic E-state index is 10.1. The normalized spacial score (nSPS) is 12.5. The Morgan fingerprint density at radius 1 is 0.737 bits per heavy atom. The van der Waals surface area contributed by atoms with Crippen LogP contribution in [0.15, 0.2) is 0 Å². The second-order valence-corrected chi connectivity index (χ2v) is 6.17. The Balaban J connectivity index is 3.04. The monoisotopic (exact) mass is 268 g/mol. The summed E-state index contributed by atoms with van der Waals surface area (Å²) in [6.07, 6.45) is 19.5. The first-order chi connectivity index (χ1) is 9.31. The van der Waals surface area contributed by atoms with Gasteiger partial charge in [0.2, 0.25) is 0 Å². The second kappa shape index (κ2) is 15.7. The zero-order valence-corrected chi connectivity index (χ0v) is 13.5. The van der Waals surface area contributed by atoms with Crippen LogP contribution < -0.4 is 0 Å². The van der Waals surface area contributed by atoms with Gasteiger partial charge in [0.05, 0.1) is 0 Å². The van der Waals surface area contributed by atoms with Gasteiger partial charge in [-0.1, -0.05) is 90.9 Å². The lowest BCUT2D eigenvalue weighted by Crippen LogP contribution is -1.94. The quantitative estimate of drug-likeness (QED) is 0.251. The molecule has 0 rings (SSSR count). The van der Waals surface area contributed by atoms with E-state index in [1.165, 1.54) is 77.0 Å². The van der Waals surface area contributed by atoms with Crippen molar-refractivity contribution in [3.8, 4) is 0 Å². The fourth-order valence-corrected chi connectivity index (χ4v) is 2.65. The fourth-order valence-electron chi connectivity index (χ4n) is 2.65. The van der Waals surface area contributed by atoms with E-state index in [2.05, 4.69) is 13.8 Å². The predicted octanol–water partition coefficient (Wildman–Crippen LogP) is 6.30. The Bertz CT molecular complexity index is 177. The number of carbonyl (C=O) groups is 1. The van der Waals surface area contributed by atoms with Gasteiger partial charge in [-0.15, -0.1) is 0 Å². The van der Waals surface area contributed by atoms with Crippen molar-refractivity contribution in [3.05, 3.63) is 0 Å².